The molecule has 4 rings (SSSR count). The van der Waals surface area contributed by atoms with Gasteiger partial charge in [-0.05, 0) is 61.0 Å². The van der Waals surface area contributed by atoms with Gasteiger partial charge in [-0.3, -0.25) is 0 Å². The van der Waals surface area contributed by atoms with Crippen LogP contribution in [-0.4, -0.2) is 27.1 Å². The van der Waals surface area contributed by atoms with Gasteiger partial charge < -0.3 is 21.5 Å². The van der Waals surface area contributed by atoms with Crippen LogP contribution in [0.5, 0.6) is 0 Å². The Bertz CT molecular complexity index is 1350. The lowest BCUT2D eigenvalue weighted by Gasteiger charge is -2.12. The fraction of sp³-hybridized carbons (Fsp3) is 0.0435. The molecule has 5 N–H and O–H groups in total. The summed E-state index contributed by atoms with van der Waals surface area (Å²) in [5.41, 5.74) is 9.96. The minimum Gasteiger partial charge on any atom is -0.478 e. The standard InChI is InChI=1S/C23H18ClN5O3/c1-12-2-7-18-19(8-12)28-22(25)29-20(18)14-9-15(24)11-17(10-14)27-23(32)26-16-5-3-13(4-6-16)21(30)31/h2-11H,1H3,(H,30,31)(H2,25,28,29)(H2,26,27,32). The zero-order chi connectivity index (χ0) is 22.8. The summed E-state index contributed by atoms with van der Waals surface area (Å²) in [6.45, 7) is 1.96. The molecule has 0 bridgehead atoms. The Hall–Kier alpha value is -4.17. The highest BCUT2D eigenvalue weighted by Crippen LogP contribution is 2.31. The molecule has 9 heteroatoms. The molecular weight excluding hydrogens is 430 g/mol. The molecule has 0 radical (unpaired) electrons. The number of rotatable bonds is 4. The first kappa shape index (κ1) is 21.1. The number of anilines is 3. The Kier molecular flexibility index (Phi) is 5.61. The van der Waals surface area contributed by atoms with Crippen molar-refractivity contribution in [2.75, 3.05) is 16.4 Å². The third-order valence-corrected chi connectivity index (χ3v) is 4.91. The molecule has 0 aliphatic heterocycles. The largest absolute Gasteiger partial charge is 0.478 e. The molecule has 160 valence electrons. The summed E-state index contributed by atoms with van der Waals surface area (Å²) >= 11 is 6.30. The van der Waals surface area contributed by atoms with Crippen LogP contribution in [0.3, 0.4) is 0 Å². The number of halogens is 1. The number of nitrogens with one attached hydrogen (secondary N) is 2. The van der Waals surface area contributed by atoms with Crippen molar-refractivity contribution in [2.45, 2.75) is 6.92 Å². The predicted molar refractivity (Wildman–Crippen MR) is 125 cm³/mol. The number of hydrogen-bond acceptors (Lipinski definition) is 5. The Labute approximate surface area is 188 Å². The smallest absolute Gasteiger partial charge is 0.335 e. The second kappa shape index (κ2) is 8.52. The molecule has 0 unspecified atom stereocenters. The third-order valence-electron chi connectivity index (χ3n) is 4.69. The molecule has 0 aliphatic carbocycles. The van der Waals surface area contributed by atoms with Crippen molar-refractivity contribution in [1.82, 2.24) is 9.97 Å². The number of nitrogen functional groups attached to an aromatic ring is 1. The van der Waals surface area contributed by atoms with Gasteiger partial charge in [0.1, 0.15) is 0 Å². The monoisotopic (exact) mass is 447 g/mol. The molecule has 32 heavy (non-hydrogen) atoms. The van der Waals surface area contributed by atoms with Crippen molar-refractivity contribution in [3.05, 3.63) is 76.8 Å². The van der Waals surface area contributed by atoms with Gasteiger partial charge in [0, 0.05) is 27.3 Å². The zero-order valence-electron chi connectivity index (χ0n) is 16.9. The summed E-state index contributed by atoms with van der Waals surface area (Å²) in [6.07, 6.45) is 0. The summed E-state index contributed by atoms with van der Waals surface area (Å²) in [6, 6.07) is 16.2. The number of aromatic nitrogens is 2. The molecule has 1 aromatic heterocycles. The summed E-state index contributed by atoms with van der Waals surface area (Å²) in [5, 5.41) is 15.5. The number of amides is 2. The SMILES string of the molecule is Cc1ccc2c(-c3cc(Cl)cc(NC(=O)Nc4ccc(C(=O)O)cc4)c3)nc(N)nc2c1. The van der Waals surface area contributed by atoms with Gasteiger partial charge in [-0.25, -0.2) is 19.6 Å². The van der Waals surface area contributed by atoms with Gasteiger partial charge in [0.05, 0.1) is 16.8 Å². The predicted octanol–water partition coefficient (Wildman–Crippen LogP) is 5.18. The second-order valence-corrected chi connectivity index (χ2v) is 7.58. The minimum absolute atomic E-state index is 0.127. The van der Waals surface area contributed by atoms with Gasteiger partial charge >= 0.3 is 12.0 Å². The third kappa shape index (κ3) is 4.60. The summed E-state index contributed by atoms with van der Waals surface area (Å²) in [5.74, 6) is -0.907. The number of nitrogens with zero attached hydrogens (tertiary/aromatic N) is 2. The number of carbonyl (C=O) groups is 2. The van der Waals surface area contributed by atoms with Gasteiger partial charge in [-0.2, -0.15) is 0 Å². The molecule has 2 amide bonds. The number of fused-ring (bicyclic) bond motifs is 1. The van der Waals surface area contributed by atoms with Crippen molar-refractivity contribution < 1.29 is 14.7 Å². The molecule has 0 fully saturated rings. The van der Waals surface area contributed by atoms with Crippen LogP contribution in [0, 0.1) is 6.92 Å². The minimum atomic E-state index is -1.04. The van der Waals surface area contributed by atoms with Gasteiger partial charge in [0.25, 0.3) is 0 Å². The average Bonchev–Trinajstić information content (AvgIpc) is 2.72. The molecule has 3 aromatic carbocycles. The number of aromatic carboxylic acids is 1. The van der Waals surface area contributed by atoms with E-state index in [4.69, 9.17) is 22.4 Å². The molecule has 0 saturated heterocycles. The fourth-order valence-electron chi connectivity index (χ4n) is 3.27. The maximum Gasteiger partial charge on any atom is 0.335 e. The van der Waals surface area contributed by atoms with E-state index in [0.717, 1.165) is 10.9 Å². The lowest BCUT2D eigenvalue weighted by Crippen LogP contribution is -2.19. The van der Waals surface area contributed by atoms with Crippen LogP contribution in [0.15, 0.2) is 60.7 Å². The number of aryl methyl sites for hydroxylation is 1. The number of hydrogen-bond donors (Lipinski definition) is 4. The van der Waals surface area contributed by atoms with E-state index >= 15 is 0 Å². The Balaban J connectivity index is 1.61. The quantitative estimate of drug-likeness (QED) is 0.341. The van der Waals surface area contributed by atoms with E-state index in [2.05, 4.69) is 20.6 Å². The highest BCUT2D eigenvalue weighted by atomic mass is 35.5. The van der Waals surface area contributed by atoms with Crippen molar-refractivity contribution >= 4 is 51.8 Å². The van der Waals surface area contributed by atoms with E-state index < -0.39 is 12.0 Å². The normalized spacial score (nSPS) is 10.7. The van der Waals surface area contributed by atoms with Crippen molar-refractivity contribution in [3.63, 3.8) is 0 Å². The first-order valence-electron chi connectivity index (χ1n) is 9.55. The maximum atomic E-state index is 12.4. The zero-order valence-corrected chi connectivity index (χ0v) is 17.6. The molecule has 0 atom stereocenters. The maximum absolute atomic E-state index is 12.4. The van der Waals surface area contributed by atoms with Crippen LogP contribution < -0.4 is 16.4 Å². The van der Waals surface area contributed by atoms with Gasteiger partial charge in [-0.1, -0.05) is 23.7 Å². The van der Waals surface area contributed by atoms with Crippen molar-refractivity contribution in [1.29, 1.82) is 0 Å². The van der Waals surface area contributed by atoms with Crippen LogP contribution in [0.1, 0.15) is 15.9 Å². The Morgan fingerprint density at radius 2 is 1.66 bits per heavy atom. The number of urea groups is 1. The van der Waals surface area contributed by atoms with E-state index in [-0.39, 0.29) is 11.5 Å². The van der Waals surface area contributed by atoms with E-state index in [9.17, 15) is 9.59 Å². The molecule has 1 heterocycles. The lowest BCUT2D eigenvalue weighted by atomic mass is 10.0. The van der Waals surface area contributed by atoms with Gasteiger partial charge in [-0.15, -0.1) is 0 Å². The molecule has 4 aromatic rings. The van der Waals surface area contributed by atoms with E-state index in [1.165, 1.54) is 24.3 Å². The van der Waals surface area contributed by atoms with Crippen molar-refractivity contribution in [2.24, 2.45) is 0 Å². The molecule has 8 nitrogen and oxygen atoms in total. The van der Waals surface area contributed by atoms with E-state index in [1.807, 2.05) is 25.1 Å². The fourth-order valence-corrected chi connectivity index (χ4v) is 3.50. The Morgan fingerprint density at radius 3 is 2.38 bits per heavy atom. The lowest BCUT2D eigenvalue weighted by molar-refractivity contribution is 0.0697. The molecular formula is C23H18ClN5O3. The first-order chi connectivity index (χ1) is 15.3. The van der Waals surface area contributed by atoms with Crippen molar-refractivity contribution in [3.8, 4) is 11.3 Å². The summed E-state index contributed by atoms with van der Waals surface area (Å²) < 4.78 is 0. The van der Waals surface area contributed by atoms with E-state index in [1.54, 1.807) is 18.2 Å². The van der Waals surface area contributed by atoms with Gasteiger partial charge in [0.15, 0.2) is 0 Å². The highest BCUT2D eigenvalue weighted by Gasteiger charge is 2.12. The van der Waals surface area contributed by atoms with Crippen LogP contribution in [0.2, 0.25) is 5.02 Å². The molecule has 0 saturated carbocycles. The number of carboxylic acid groups (broad SMARTS) is 1. The van der Waals surface area contributed by atoms with E-state index in [0.29, 0.717) is 33.2 Å². The Morgan fingerprint density at radius 1 is 0.938 bits per heavy atom. The summed E-state index contributed by atoms with van der Waals surface area (Å²) in [4.78, 5) is 32.1. The summed E-state index contributed by atoms with van der Waals surface area (Å²) in [7, 11) is 0. The molecule has 0 spiro atoms. The number of benzene rings is 3. The number of carbonyl (C=O) groups excluding carboxylic acids is 1. The number of carboxylic acids is 1. The van der Waals surface area contributed by atoms with Crippen LogP contribution >= 0.6 is 11.6 Å². The second-order valence-electron chi connectivity index (χ2n) is 7.14. The van der Waals surface area contributed by atoms with Crippen LogP contribution in [0.4, 0.5) is 22.1 Å². The molecule has 0 aliphatic rings. The average molecular weight is 448 g/mol. The topological polar surface area (TPSA) is 130 Å². The highest BCUT2D eigenvalue weighted by molar-refractivity contribution is 6.31. The van der Waals surface area contributed by atoms with Gasteiger partial charge in [0.2, 0.25) is 5.95 Å². The number of nitrogens with two attached hydrogens (primary N) is 1. The first-order valence-corrected chi connectivity index (χ1v) is 9.92. The van der Waals surface area contributed by atoms with Crippen LogP contribution in [0.25, 0.3) is 22.2 Å². The van der Waals surface area contributed by atoms with Crippen LogP contribution in [-0.2, 0) is 0 Å².